The number of fused-ring (bicyclic) bond motifs is 1. The maximum Gasteiger partial charge on any atom is 0.406 e. The van der Waals surface area contributed by atoms with E-state index in [9.17, 15) is 9.90 Å². The van der Waals surface area contributed by atoms with E-state index in [1.54, 1.807) is 12.1 Å². The molecule has 15 heavy (non-hydrogen) atoms. The van der Waals surface area contributed by atoms with Gasteiger partial charge in [-0.05, 0) is 29.7 Å². The molecule has 1 amide bonds. The average molecular weight is 208 g/mol. The van der Waals surface area contributed by atoms with Gasteiger partial charge in [-0.25, -0.2) is 4.79 Å². The van der Waals surface area contributed by atoms with Crippen LogP contribution in [0.5, 0.6) is 5.75 Å². The summed E-state index contributed by atoms with van der Waals surface area (Å²) in [7, 11) is 0. The summed E-state index contributed by atoms with van der Waals surface area (Å²) in [6, 6.07) is 5.02. The van der Waals surface area contributed by atoms with Gasteiger partial charge < -0.3 is 15.5 Å². The minimum absolute atomic E-state index is 0.148. The Hall–Kier alpha value is -1.75. The van der Waals surface area contributed by atoms with Gasteiger partial charge in [0.15, 0.2) is 0 Å². The van der Waals surface area contributed by atoms with Crippen LogP contribution < -0.4 is 10.6 Å². The Labute approximate surface area is 86.7 Å². The maximum absolute atomic E-state index is 10.5. The first-order chi connectivity index (χ1) is 7.16. The van der Waals surface area contributed by atoms with E-state index in [1.165, 1.54) is 0 Å². The van der Waals surface area contributed by atoms with E-state index in [2.05, 4.69) is 10.6 Å². The number of amides is 1. The summed E-state index contributed by atoms with van der Waals surface area (Å²) >= 11 is 0. The van der Waals surface area contributed by atoms with Crippen molar-refractivity contribution < 1.29 is 15.0 Å². The Morgan fingerprint density at radius 3 is 3.07 bits per heavy atom. The van der Waals surface area contributed by atoms with Crippen molar-refractivity contribution >= 4 is 6.09 Å². The highest BCUT2D eigenvalue weighted by atomic mass is 16.4. The Morgan fingerprint density at radius 2 is 2.33 bits per heavy atom. The van der Waals surface area contributed by atoms with Crippen molar-refractivity contribution in [2.75, 3.05) is 6.54 Å². The van der Waals surface area contributed by atoms with Crippen LogP contribution in [0.15, 0.2) is 18.2 Å². The number of aromatic hydroxyl groups is 1. The molecule has 0 saturated heterocycles. The van der Waals surface area contributed by atoms with Crippen LogP contribution in [0.2, 0.25) is 0 Å². The van der Waals surface area contributed by atoms with Gasteiger partial charge in [0.2, 0.25) is 0 Å². The lowest BCUT2D eigenvalue weighted by atomic mass is 9.98. The fourth-order valence-electron chi connectivity index (χ4n) is 1.79. The van der Waals surface area contributed by atoms with Gasteiger partial charge in [0.25, 0.3) is 0 Å². The van der Waals surface area contributed by atoms with E-state index in [-0.39, 0.29) is 5.75 Å². The summed E-state index contributed by atoms with van der Waals surface area (Å²) in [4.78, 5) is 10.5. The standard InChI is InChI=1S/C10H12N2O3/c13-7-2-1-6-3-4-11-9(8(6)5-7)12-10(14)15/h1-2,5,9,11-13H,3-4H2,(H,14,15). The molecule has 1 unspecified atom stereocenters. The molecule has 1 heterocycles. The van der Waals surface area contributed by atoms with Crippen LogP contribution >= 0.6 is 0 Å². The Bertz CT molecular complexity index is 392. The summed E-state index contributed by atoms with van der Waals surface area (Å²) < 4.78 is 0. The number of phenols is 1. The number of benzene rings is 1. The van der Waals surface area contributed by atoms with Crippen molar-refractivity contribution in [2.24, 2.45) is 0 Å². The minimum Gasteiger partial charge on any atom is -0.508 e. The molecule has 4 N–H and O–H groups in total. The van der Waals surface area contributed by atoms with Crippen molar-refractivity contribution in [1.82, 2.24) is 10.6 Å². The maximum atomic E-state index is 10.5. The largest absolute Gasteiger partial charge is 0.508 e. The lowest BCUT2D eigenvalue weighted by Crippen LogP contribution is -2.41. The van der Waals surface area contributed by atoms with E-state index in [0.29, 0.717) is 0 Å². The third kappa shape index (κ3) is 2.02. The number of rotatable bonds is 1. The lowest BCUT2D eigenvalue weighted by molar-refractivity contribution is 0.186. The zero-order valence-electron chi connectivity index (χ0n) is 8.03. The van der Waals surface area contributed by atoms with Crippen molar-refractivity contribution in [3.8, 4) is 5.75 Å². The molecule has 5 heteroatoms. The third-order valence-corrected chi connectivity index (χ3v) is 2.45. The van der Waals surface area contributed by atoms with Gasteiger partial charge in [0.1, 0.15) is 11.9 Å². The zero-order chi connectivity index (χ0) is 10.8. The molecule has 1 aromatic rings. The number of phenolic OH excluding ortho intramolecular Hbond substituents is 1. The quantitative estimate of drug-likeness (QED) is 0.550. The second-order valence-electron chi connectivity index (χ2n) is 3.47. The first-order valence-electron chi connectivity index (χ1n) is 4.71. The molecule has 1 aliphatic heterocycles. The number of carboxylic acid groups (broad SMARTS) is 1. The van der Waals surface area contributed by atoms with E-state index >= 15 is 0 Å². The Balaban J connectivity index is 2.32. The predicted octanol–water partition coefficient (Wildman–Crippen LogP) is 0.804. The Morgan fingerprint density at radius 1 is 1.53 bits per heavy atom. The molecule has 0 saturated carbocycles. The molecule has 2 rings (SSSR count). The lowest BCUT2D eigenvalue weighted by Gasteiger charge is -2.26. The number of hydrogen-bond acceptors (Lipinski definition) is 3. The molecule has 0 fully saturated rings. The van der Waals surface area contributed by atoms with Crippen LogP contribution in [0.3, 0.4) is 0 Å². The summed E-state index contributed by atoms with van der Waals surface area (Å²) in [5, 5.41) is 23.4. The normalized spacial score (nSPS) is 19.3. The average Bonchev–Trinajstić information content (AvgIpc) is 2.18. The molecular formula is C10H12N2O3. The minimum atomic E-state index is -1.08. The molecule has 0 aliphatic carbocycles. The van der Waals surface area contributed by atoms with E-state index in [1.807, 2.05) is 6.07 Å². The van der Waals surface area contributed by atoms with Gasteiger partial charge >= 0.3 is 6.09 Å². The summed E-state index contributed by atoms with van der Waals surface area (Å²) in [5.74, 6) is 0.148. The molecule has 1 aliphatic rings. The highest BCUT2D eigenvalue weighted by Crippen LogP contribution is 2.24. The van der Waals surface area contributed by atoms with Crippen molar-refractivity contribution in [2.45, 2.75) is 12.6 Å². The zero-order valence-corrected chi connectivity index (χ0v) is 8.03. The van der Waals surface area contributed by atoms with Gasteiger partial charge in [-0.3, -0.25) is 5.32 Å². The monoisotopic (exact) mass is 208 g/mol. The predicted molar refractivity (Wildman–Crippen MR) is 53.7 cm³/mol. The molecule has 1 atom stereocenters. The van der Waals surface area contributed by atoms with E-state index < -0.39 is 12.3 Å². The number of carbonyl (C=O) groups is 1. The van der Waals surface area contributed by atoms with Crippen molar-refractivity contribution in [3.63, 3.8) is 0 Å². The second-order valence-corrected chi connectivity index (χ2v) is 3.47. The van der Waals surface area contributed by atoms with Gasteiger partial charge in [-0.15, -0.1) is 0 Å². The van der Waals surface area contributed by atoms with Gasteiger partial charge in [-0.2, -0.15) is 0 Å². The fourth-order valence-corrected chi connectivity index (χ4v) is 1.79. The van der Waals surface area contributed by atoms with Gasteiger partial charge in [0, 0.05) is 6.54 Å². The van der Waals surface area contributed by atoms with Crippen molar-refractivity contribution in [1.29, 1.82) is 0 Å². The summed E-state index contributed by atoms with van der Waals surface area (Å²) in [6.45, 7) is 0.725. The fraction of sp³-hybridized carbons (Fsp3) is 0.300. The molecule has 80 valence electrons. The summed E-state index contributed by atoms with van der Waals surface area (Å²) in [6.07, 6.45) is -0.671. The first kappa shape index (κ1) is 9.79. The van der Waals surface area contributed by atoms with Crippen LogP contribution in [0.1, 0.15) is 17.3 Å². The van der Waals surface area contributed by atoms with Crippen LogP contribution in [-0.2, 0) is 6.42 Å². The van der Waals surface area contributed by atoms with Gasteiger partial charge in [0.05, 0.1) is 0 Å². The number of nitrogens with one attached hydrogen (secondary N) is 2. The Kier molecular flexibility index (Phi) is 2.47. The first-order valence-corrected chi connectivity index (χ1v) is 4.71. The highest BCUT2D eigenvalue weighted by molar-refractivity contribution is 5.65. The SMILES string of the molecule is O=C(O)NC1NCCc2ccc(O)cc21. The molecule has 0 aromatic heterocycles. The molecule has 5 nitrogen and oxygen atoms in total. The molecular weight excluding hydrogens is 196 g/mol. The van der Waals surface area contributed by atoms with E-state index in [4.69, 9.17) is 5.11 Å². The summed E-state index contributed by atoms with van der Waals surface area (Å²) in [5.41, 5.74) is 1.86. The van der Waals surface area contributed by atoms with Crippen LogP contribution in [0.25, 0.3) is 0 Å². The molecule has 0 spiro atoms. The second kappa shape index (κ2) is 3.78. The van der Waals surface area contributed by atoms with Gasteiger partial charge in [-0.1, -0.05) is 6.07 Å². The highest BCUT2D eigenvalue weighted by Gasteiger charge is 2.21. The topological polar surface area (TPSA) is 81.6 Å². The van der Waals surface area contributed by atoms with Crippen molar-refractivity contribution in [3.05, 3.63) is 29.3 Å². The number of hydrogen-bond donors (Lipinski definition) is 4. The molecule has 0 radical (unpaired) electrons. The smallest absolute Gasteiger partial charge is 0.406 e. The van der Waals surface area contributed by atoms with Crippen LogP contribution in [0, 0.1) is 0 Å². The third-order valence-electron chi connectivity index (χ3n) is 2.45. The molecule has 0 bridgehead atoms. The van der Waals surface area contributed by atoms with E-state index in [0.717, 1.165) is 24.1 Å². The van der Waals surface area contributed by atoms with Crippen LogP contribution in [0.4, 0.5) is 4.79 Å². The van der Waals surface area contributed by atoms with Crippen LogP contribution in [-0.4, -0.2) is 22.9 Å². The molecule has 1 aromatic carbocycles.